The summed E-state index contributed by atoms with van der Waals surface area (Å²) < 4.78 is 0. The topological polar surface area (TPSA) is 40.6 Å². The zero-order valence-electron chi connectivity index (χ0n) is 12.4. The van der Waals surface area contributed by atoms with E-state index >= 15 is 0 Å². The molecule has 1 aromatic carbocycles. The van der Waals surface area contributed by atoms with E-state index in [1.807, 2.05) is 23.1 Å². The van der Waals surface area contributed by atoms with E-state index < -0.39 is 0 Å². The van der Waals surface area contributed by atoms with Crippen molar-refractivity contribution in [2.75, 3.05) is 19.0 Å². The average Bonchev–Trinajstić information content (AvgIpc) is 2.79. The molecule has 0 aromatic heterocycles. The van der Waals surface area contributed by atoms with Gasteiger partial charge in [0.25, 0.3) is 5.91 Å². The van der Waals surface area contributed by atoms with Gasteiger partial charge in [-0.3, -0.25) is 9.59 Å². The van der Waals surface area contributed by atoms with E-state index in [0.717, 1.165) is 24.9 Å². The zero-order valence-corrected chi connectivity index (χ0v) is 12.4. The van der Waals surface area contributed by atoms with E-state index in [4.69, 9.17) is 0 Å². The Bertz CT molecular complexity index is 511. The number of hydrogen-bond donors (Lipinski definition) is 0. The smallest absolute Gasteiger partial charge is 0.253 e. The van der Waals surface area contributed by atoms with Crippen molar-refractivity contribution in [1.82, 2.24) is 4.90 Å². The highest BCUT2D eigenvalue weighted by molar-refractivity contribution is 5.99. The Morgan fingerprint density at radius 3 is 2.80 bits per heavy atom. The van der Waals surface area contributed by atoms with Crippen LogP contribution < -0.4 is 4.90 Å². The van der Waals surface area contributed by atoms with Gasteiger partial charge in [0.2, 0.25) is 5.91 Å². The third-order valence-electron chi connectivity index (χ3n) is 3.72. The van der Waals surface area contributed by atoms with Crippen LogP contribution in [0.5, 0.6) is 0 Å². The molecule has 1 aliphatic heterocycles. The molecule has 1 fully saturated rings. The minimum absolute atomic E-state index is 0.0365. The monoisotopic (exact) mass is 274 g/mol. The van der Waals surface area contributed by atoms with E-state index in [2.05, 4.69) is 6.92 Å². The first-order valence-electron chi connectivity index (χ1n) is 7.18. The molecule has 0 radical (unpaired) electrons. The predicted molar refractivity (Wildman–Crippen MR) is 79.9 cm³/mol. The second-order valence-electron chi connectivity index (χ2n) is 5.49. The van der Waals surface area contributed by atoms with Crippen LogP contribution in [0.1, 0.15) is 43.0 Å². The first-order chi connectivity index (χ1) is 9.54. The molecule has 0 N–H and O–H groups in total. The number of hydrogen-bond acceptors (Lipinski definition) is 2. The van der Waals surface area contributed by atoms with Gasteiger partial charge in [-0.15, -0.1) is 0 Å². The van der Waals surface area contributed by atoms with Crippen molar-refractivity contribution in [3.63, 3.8) is 0 Å². The van der Waals surface area contributed by atoms with Crippen LogP contribution in [-0.2, 0) is 4.79 Å². The van der Waals surface area contributed by atoms with Crippen LogP contribution in [0.3, 0.4) is 0 Å². The minimum atomic E-state index is -0.0365. The summed E-state index contributed by atoms with van der Waals surface area (Å²) in [5.41, 5.74) is 1.47. The fourth-order valence-electron chi connectivity index (χ4n) is 2.75. The van der Waals surface area contributed by atoms with Crippen LogP contribution in [0, 0.1) is 0 Å². The number of amides is 2. The van der Waals surface area contributed by atoms with Crippen LogP contribution >= 0.6 is 0 Å². The molecule has 0 saturated carbocycles. The van der Waals surface area contributed by atoms with Crippen LogP contribution in [0.15, 0.2) is 24.3 Å². The van der Waals surface area contributed by atoms with Crippen LogP contribution in [0.4, 0.5) is 5.69 Å². The van der Waals surface area contributed by atoms with Gasteiger partial charge in [-0.25, -0.2) is 0 Å². The molecule has 0 aliphatic carbocycles. The Morgan fingerprint density at radius 2 is 2.15 bits per heavy atom. The molecule has 2 rings (SSSR count). The molecule has 1 aromatic rings. The first-order valence-corrected chi connectivity index (χ1v) is 7.18. The Morgan fingerprint density at radius 1 is 1.40 bits per heavy atom. The fourth-order valence-corrected chi connectivity index (χ4v) is 2.75. The Balaban J connectivity index is 2.30. The molecule has 4 heteroatoms. The number of anilines is 1. The van der Waals surface area contributed by atoms with Crippen molar-refractivity contribution < 1.29 is 9.59 Å². The maximum absolute atomic E-state index is 12.1. The molecule has 1 unspecified atom stereocenters. The third-order valence-corrected chi connectivity index (χ3v) is 3.72. The van der Waals surface area contributed by atoms with E-state index in [-0.39, 0.29) is 17.9 Å². The van der Waals surface area contributed by atoms with Gasteiger partial charge >= 0.3 is 0 Å². The summed E-state index contributed by atoms with van der Waals surface area (Å²) in [5, 5.41) is 0. The quantitative estimate of drug-likeness (QED) is 0.847. The highest BCUT2D eigenvalue weighted by Crippen LogP contribution is 2.29. The highest BCUT2D eigenvalue weighted by Gasteiger charge is 2.31. The molecule has 20 heavy (non-hydrogen) atoms. The van der Waals surface area contributed by atoms with Gasteiger partial charge in [0.1, 0.15) is 0 Å². The Labute approximate surface area is 120 Å². The molecule has 0 spiro atoms. The van der Waals surface area contributed by atoms with Crippen molar-refractivity contribution in [2.24, 2.45) is 0 Å². The summed E-state index contributed by atoms with van der Waals surface area (Å²) in [6, 6.07) is 7.66. The first kappa shape index (κ1) is 14.6. The number of rotatable bonds is 4. The standard InChI is InChI=1S/C16H22N2O2/c1-4-6-13-9-10-15(19)18(13)14-8-5-7-12(11-14)16(20)17(2)3/h5,7-8,11,13H,4,6,9-10H2,1-3H3. The molecule has 0 bridgehead atoms. The Kier molecular flexibility index (Phi) is 4.42. The second-order valence-corrected chi connectivity index (χ2v) is 5.49. The summed E-state index contributed by atoms with van der Waals surface area (Å²) in [6.07, 6.45) is 3.59. The van der Waals surface area contributed by atoms with Crippen LogP contribution in [0.25, 0.3) is 0 Å². The molecule has 2 amide bonds. The largest absolute Gasteiger partial charge is 0.345 e. The van der Waals surface area contributed by atoms with Crippen molar-refractivity contribution in [3.8, 4) is 0 Å². The zero-order chi connectivity index (χ0) is 14.7. The highest BCUT2D eigenvalue weighted by atomic mass is 16.2. The van der Waals surface area contributed by atoms with Gasteiger partial charge < -0.3 is 9.80 Å². The number of carbonyl (C=O) groups excluding carboxylic acids is 2. The predicted octanol–water partition coefficient (Wildman–Crippen LogP) is 2.68. The summed E-state index contributed by atoms with van der Waals surface area (Å²) in [5.74, 6) is 0.128. The van der Waals surface area contributed by atoms with Crippen molar-refractivity contribution in [1.29, 1.82) is 0 Å². The lowest BCUT2D eigenvalue weighted by Gasteiger charge is -2.25. The molecule has 1 atom stereocenters. The van der Waals surface area contributed by atoms with Crippen molar-refractivity contribution >= 4 is 17.5 Å². The maximum Gasteiger partial charge on any atom is 0.253 e. The second kappa shape index (κ2) is 6.07. The van der Waals surface area contributed by atoms with Gasteiger partial charge in [-0.1, -0.05) is 19.4 Å². The van der Waals surface area contributed by atoms with Crippen molar-refractivity contribution in [2.45, 2.75) is 38.6 Å². The fraction of sp³-hybridized carbons (Fsp3) is 0.500. The van der Waals surface area contributed by atoms with E-state index in [9.17, 15) is 9.59 Å². The normalized spacial score (nSPS) is 18.4. The lowest BCUT2D eigenvalue weighted by atomic mass is 10.1. The molecule has 1 heterocycles. The number of carbonyl (C=O) groups is 2. The molecule has 4 nitrogen and oxygen atoms in total. The van der Waals surface area contributed by atoms with E-state index in [1.54, 1.807) is 25.1 Å². The van der Waals surface area contributed by atoms with Gasteiger partial charge in [-0.2, -0.15) is 0 Å². The van der Waals surface area contributed by atoms with Crippen LogP contribution in [-0.4, -0.2) is 36.9 Å². The maximum atomic E-state index is 12.1. The number of benzene rings is 1. The van der Waals surface area contributed by atoms with E-state index in [0.29, 0.717) is 12.0 Å². The molecule has 1 aliphatic rings. The van der Waals surface area contributed by atoms with E-state index in [1.165, 1.54) is 0 Å². The molecular weight excluding hydrogens is 252 g/mol. The third kappa shape index (κ3) is 2.84. The van der Waals surface area contributed by atoms with Crippen LogP contribution in [0.2, 0.25) is 0 Å². The summed E-state index contributed by atoms with van der Waals surface area (Å²) >= 11 is 0. The molecule has 1 saturated heterocycles. The summed E-state index contributed by atoms with van der Waals surface area (Å²) in [6.45, 7) is 2.13. The van der Waals surface area contributed by atoms with Crippen molar-refractivity contribution in [3.05, 3.63) is 29.8 Å². The number of nitrogens with zero attached hydrogens (tertiary/aromatic N) is 2. The lowest BCUT2D eigenvalue weighted by molar-refractivity contribution is -0.117. The van der Waals surface area contributed by atoms with Gasteiger partial charge in [0, 0.05) is 37.8 Å². The summed E-state index contributed by atoms with van der Waals surface area (Å²) in [4.78, 5) is 27.5. The minimum Gasteiger partial charge on any atom is -0.345 e. The van der Waals surface area contributed by atoms with Gasteiger partial charge in [-0.05, 0) is 31.0 Å². The molecule has 108 valence electrons. The lowest BCUT2D eigenvalue weighted by Crippen LogP contribution is -2.33. The Hall–Kier alpha value is -1.84. The average molecular weight is 274 g/mol. The van der Waals surface area contributed by atoms with Gasteiger partial charge in [0.15, 0.2) is 0 Å². The SMILES string of the molecule is CCCC1CCC(=O)N1c1cccc(C(=O)N(C)C)c1. The molecular formula is C16H22N2O2. The summed E-state index contributed by atoms with van der Waals surface area (Å²) in [7, 11) is 3.46. The van der Waals surface area contributed by atoms with Gasteiger partial charge in [0.05, 0.1) is 0 Å².